The van der Waals surface area contributed by atoms with E-state index in [0.29, 0.717) is 23.9 Å². The number of amides is 2. The fourth-order valence-corrected chi connectivity index (χ4v) is 2.53. The highest BCUT2D eigenvalue weighted by Crippen LogP contribution is 2.21. The molecule has 0 aliphatic carbocycles. The number of hydrogen-bond donors (Lipinski definition) is 2. The highest BCUT2D eigenvalue weighted by atomic mass is 35.5. The molecule has 0 radical (unpaired) electrons. The maximum atomic E-state index is 12.0. The number of para-hydroxylation sites is 1. The van der Waals surface area contributed by atoms with Crippen molar-refractivity contribution in [3.8, 4) is 5.75 Å². The van der Waals surface area contributed by atoms with E-state index in [1.807, 2.05) is 43.3 Å². The Morgan fingerprint density at radius 2 is 2.04 bits per heavy atom. The second-order valence-electron chi connectivity index (χ2n) is 5.52. The third kappa shape index (κ3) is 4.39. The Hall–Kier alpha value is -2.79. The van der Waals surface area contributed by atoms with Gasteiger partial charge in [-0.05, 0) is 42.8 Å². The van der Waals surface area contributed by atoms with Crippen LogP contribution in [-0.2, 0) is 0 Å². The third-order valence-electron chi connectivity index (χ3n) is 3.67. The number of carbonyl (C=O) groups excluding carboxylic acids is 1. The molecule has 1 aromatic heterocycles. The highest BCUT2D eigenvalue weighted by Gasteiger charge is 2.06. The predicted octanol–water partition coefficient (Wildman–Crippen LogP) is 4.40. The number of benzene rings is 2. The summed E-state index contributed by atoms with van der Waals surface area (Å²) in [5.41, 5.74) is 2.38. The van der Waals surface area contributed by atoms with Crippen molar-refractivity contribution in [1.29, 1.82) is 0 Å². The van der Waals surface area contributed by atoms with Gasteiger partial charge in [0.15, 0.2) is 0 Å². The lowest BCUT2D eigenvalue weighted by Gasteiger charge is -2.11. The van der Waals surface area contributed by atoms with Gasteiger partial charge in [0.2, 0.25) is 0 Å². The molecule has 2 amide bonds. The number of fused-ring (bicyclic) bond motifs is 1. The summed E-state index contributed by atoms with van der Waals surface area (Å²) in [5, 5.41) is 7.25. The summed E-state index contributed by atoms with van der Waals surface area (Å²) in [7, 11) is 0. The minimum atomic E-state index is -0.297. The van der Waals surface area contributed by atoms with Crippen LogP contribution in [0.5, 0.6) is 5.75 Å². The number of nitrogens with one attached hydrogen (secondary N) is 2. The van der Waals surface area contributed by atoms with Crippen LogP contribution in [0.25, 0.3) is 10.9 Å². The Morgan fingerprint density at radius 1 is 1.20 bits per heavy atom. The SMILES string of the molecule is Cc1cc(OCCNC(=O)Nc2cccc3cccnc23)ccc1Cl. The molecular formula is C19H18ClN3O2. The first-order valence-electron chi connectivity index (χ1n) is 7.91. The normalized spacial score (nSPS) is 10.5. The second kappa shape index (κ2) is 7.85. The summed E-state index contributed by atoms with van der Waals surface area (Å²) < 4.78 is 5.60. The molecule has 0 unspecified atom stereocenters. The van der Waals surface area contributed by atoms with E-state index in [2.05, 4.69) is 15.6 Å². The largest absolute Gasteiger partial charge is 0.492 e. The van der Waals surface area contributed by atoms with Crippen molar-refractivity contribution in [3.63, 3.8) is 0 Å². The molecule has 3 rings (SSSR count). The summed E-state index contributed by atoms with van der Waals surface area (Å²) in [6.45, 7) is 2.66. The average molecular weight is 356 g/mol. The van der Waals surface area contributed by atoms with Gasteiger partial charge >= 0.3 is 6.03 Å². The number of pyridine rings is 1. The summed E-state index contributed by atoms with van der Waals surface area (Å²) >= 11 is 5.98. The monoisotopic (exact) mass is 355 g/mol. The van der Waals surface area contributed by atoms with Crippen LogP contribution in [-0.4, -0.2) is 24.2 Å². The minimum absolute atomic E-state index is 0.297. The minimum Gasteiger partial charge on any atom is -0.492 e. The zero-order valence-corrected chi connectivity index (χ0v) is 14.5. The lowest BCUT2D eigenvalue weighted by molar-refractivity contribution is 0.247. The molecule has 2 aromatic carbocycles. The van der Waals surface area contributed by atoms with Crippen molar-refractivity contribution >= 4 is 34.2 Å². The van der Waals surface area contributed by atoms with Crippen molar-refractivity contribution in [3.05, 3.63) is 65.3 Å². The third-order valence-corrected chi connectivity index (χ3v) is 4.09. The van der Waals surface area contributed by atoms with Gasteiger partial charge in [0.1, 0.15) is 12.4 Å². The van der Waals surface area contributed by atoms with Gasteiger partial charge in [-0.15, -0.1) is 0 Å². The molecule has 128 valence electrons. The van der Waals surface area contributed by atoms with Gasteiger partial charge < -0.3 is 15.4 Å². The van der Waals surface area contributed by atoms with E-state index < -0.39 is 0 Å². The van der Waals surface area contributed by atoms with E-state index in [1.54, 1.807) is 18.3 Å². The van der Waals surface area contributed by atoms with Gasteiger partial charge in [0.05, 0.1) is 17.7 Å². The van der Waals surface area contributed by atoms with Crippen LogP contribution in [0.1, 0.15) is 5.56 Å². The molecule has 0 fully saturated rings. The summed E-state index contributed by atoms with van der Waals surface area (Å²) in [6.07, 6.45) is 1.70. The summed E-state index contributed by atoms with van der Waals surface area (Å²) in [5.74, 6) is 0.724. The number of nitrogens with zero attached hydrogens (tertiary/aromatic N) is 1. The van der Waals surface area contributed by atoms with Crippen LogP contribution in [0.2, 0.25) is 5.02 Å². The molecule has 0 atom stereocenters. The zero-order valence-electron chi connectivity index (χ0n) is 13.8. The maximum Gasteiger partial charge on any atom is 0.319 e. The van der Waals surface area contributed by atoms with E-state index in [0.717, 1.165) is 22.2 Å². The Morgan fingerprint density at radius 3 is 2.88 bits per heavy atom. The number of carbonyl (C=O) groups is 1. The Bertz CT molecular complexity index is 893. The zero-order chi connectivity index (χ0) is 17.6. The molecule has 0 saturated carbocycles. The molecule has 6 heteroatoms. The first-order chi connectivity index (χ1) is 12.1. The number of ether oxygens (including phenoxy) is 1. The van der Waals surface area contributed by atoms with Gasteiger partial charge in [-0.2, -0.15) is 0 Å². The van der Waals surface area contributed by atoms with Gasteiger partial charge in [0, 0.05) is 16.6 Å². The molecule has 5 nitrogen and oxygen atoms in total. The lowest BCUT2D eigenvalue weighted by Crippen LogP contribution is -2.32. The molecular weight excluding hydrogens is 338 g/mol. The number of urea groups is 1. The fourth-order valence-electron chi connectivity index (χ4n) is 2.41. The second-order valence-corrected chi connectivity index (χ2v) is 5.93. The van der Waals surface area contributed by atoms with Gasteiger partial charge in [-0.25, -0.2) is 4.79 Å². The van der Waals surface area contributed by atoms with Crippen LogP contribution in [0, 0.1) is 6.92 Å². The van der Waals surface area contributed by atoms with Gasteiger partial charge in [-0.3, -0.25) is 4.98 Å². The number of aryl methyl sites for hydroxylation is 1. The van der Waals surface area contributed by atoms with E-state index in [-0.39, 0.29) is 6.03 Å². The summed E-state index contributed by atoms with van der Waals surface area (Å²) in [4.78, 5) is 16.4. The molecule has 0 bridgehead atoms. The van der Waals surface area contributed by atoms with Crippen molar-refractivity contribution in [2.24, 2.45) is 0 Å². The molecule has 25 heavy (non-hydrogen) atoms. The first-order valence-corrected chi connectivity index (χ1v) is 8.29. The Labute approximate surface area is 151 Å². The summed E-state index contributed by atoms with van der Waals surface area (Å²) in [6, 6.07) is 14.6. The Kier molecular flexibility index (Phi) is 5.36. The van der Waals surface area contributed by atoms with Crippen molar-refractivity contribution in [2.45, 2.75) is 6.92 Å². The number of hydrogen-bond acceptors (Lipinski definition) is 3. The smallest absolute Gasteiger partial charge is 0.319 e. The number of anilines is 1. The van der Waals surface area contributed by atoms with Crippen LogP contribution in [0.3, 0.4) is 0 Å². The van der Waals surface area contributed by atoms with Gasteiger partial charge in [-0.1, -0.05) is 29.8 Å². The predicted molar refractivity (Wildman–Crippen MR) is 100 cm³/mol. The molecule has 0 spiro atoms. The first kappa shape index (κ1) is 17.0. The van der Waals surface area contributed by atoms with Crippen molar-refractivity contribution in [1.82, 2.24) is 10.3 Å². The molecule has 2 N–H and O–H groups in total. The molecule has 1 heterocycles. The molecule has 0 saturated heterocycles. The topological polar surface area (TPSA) is 63.2 Å². The average Bonchev–Trinajstić information content (AvgIpc) is 2.62. The number of aromatic nitrogens is 1. The van der Waals surface area contributed by atoms with Crippen LogP contribution < -0.4 is 15.4 Å². The van der Waals surface area contributed by atoms with E-state index in [4.69, 9.17) is 16.3 Å². The number of rotatable bonds is 5. The lowest BCUT2D eigenvalue weighted by atomic mass is 10.2. The Balaban J connectivity index is 1.50. The number of halogens is 1. The molecule has 0 aliphatic heterocycles. The van der Waals surface area contributed by atoms with Crippen LogP contribution >= 0.6 is 11.6 Å². The molecule has 0 aliphatic rings. The highest BCUT2D eigenvalue weighted by molar-refractivity contribution is 6.31. The van der Waals surface area contributed by atoms with E-state index >= 15 is 0 Å². The van der Waals surface area contributed by atoms with Crippen molar-refractivity contribution in [2.75, 3.05) is 18.5 Å². The van der Waals surface area contributed by atoms with E-state index in [9.17, 15) is 4.79 Å². The quantitative estimate of drug-likeness (QED) is 0.667. The fraction of sp³-hybridized carbons (Fsp3) is 0.158. The maximum absolute atomic E-state index is 12.0. The van der Waals surface area contributed by atoms with E-state index in [1.165, 1.54) is 0 Å². The standard InChI is InChI=1S/C19H18ClN3O2/c1-13-12-15(7-8-16(13)20)25-11-10-22-19(24)23-17-6-2-4-14-5-3-9-21-18(14)17/h2-9,12H,10-11H2,1H3,(H2,22,23,24). The van der Waals surface area contributed by atoms with Gasteiger partial charge in [0.25, 0.3) is 0 Å². The molecule has 3 aromatic rings. The van der Waals surface area contributed by atoms with Crippen LogP contribution in [0.15, 0.2) is 54.7 Å². The van der Waals surface area contributed by atoms with Crippen molar-refractivity contribution < 1.29 is 9.53 Å². The van der Waals surface area contributed by atoms with Crippen LogP contribution in [0.4, 0.5) is 10.5 Å².